The van der Waals surface area contributed by atoms with Gasteiger partial charge in [-0.1, -0.05) is 12.5 Å². The number of sulfonamides is 1. The number of rotatable bonds is 6. The maximum absolute atomic E-state index is 12.3. The smallest absolute Gasteiger partial charge is 0.242 e. The van der Waals surface area contributed by atoms with E-state index < -0.39 is 22.0 Å². The number of piperidine rings is 1. The van der Waals surface area contributed by atoms with E-state index >= 15 is 0 Å². The lowest BCUT2D eigenvalue weighted by molar-refractivity contribution is -0.126. The summed E-state index contributed by atoms with van der Waals surface area (Å²) in [5.74, 6) is -0.737. The van der Waals surface area contributed by atoms with Crippen LogP contribution in [0.25, 0.3) is 0 Å². The highest BCUT2D eigenvalue weighted by atomic mass is 32.2. The fourth-order valence-electron chi connectivity index (χ4n) is 2.83. The van der Waals surface area contributed by atoms with E-state index in [0.717, 1.165) is 17.1 Å². The Bertz CT molecular complexity index is 748. The van der Waals surface area contributed by atoms with Crippen molar-refractivity contribution in [2.75, 3.05) is 32.5 Å². The van der Waals surface area contributed by atoms with Gasteiger partial charge in [-0.2, -0.15) is 0 Å². The number of primary amides is 1. The zero-order valence-corrected chi connectivity index (χ0v) is 15.3. The topological polar surface area (TPSA) is 113 Å². The van der Waals surface area contributed by atoms with Crippen LogP contribution in [-0.2, 0) is 19.6 Å². The molecule has 2 amide bonds. The van der Waals surface area contributed by atoms with Crippen molar-refractivity contribution in [3.8, 4) is 0 Å². The summed E-state index contributed by atoms with van der Waals surface area (Å²) < 4.78 is 25.4. The monoisotopic (exact) mass is 368 g/mol. The Balaban J connectivity index is 2.07. The number of benzene rings is 1. The van der Waals surface area contributed by atoms with Crippen LogP contribution < -0.4 is 11.1 Å². The summed E-state index contributed by atoms with van der Waals surface area (Å²) in [5.41, 5.74) is 5.79. The van der Waals surface area contributed by atoms with Gasteiger partial charge in [0.15, 0.2) is 0 Å². The van der Waals surface area contributed by atoms with Crippen molar-refractivity contribution in [2.24, 2.45) is 5.73 Å². The minimum atomic E-state index is -3.57. The molecule has 0 saturated carbocycles. The minimum Gasteiger partial charge on any atom is -0.368 e. The molecule has 1 aromatic carbocycles. The van der Waals surface area contributed by atoms with E-state index in [9.17, 15) is 18.0 Å². The Morgan fingerprint density at radius 1 is 1.32 bits per heavy atom. The van der Waals surface area contributed by atoms with Crippen LogP contribution in [0.2, 0.25) is 0 Å². The van der Waals surface area contributed by atoms with E-state index in [2.05, 4.69) is 5.32 Å². The molecule has 2 rings (SSSR count). The molecule has 0 unspecified atom stereocenters. The first-order chi connectivity index (χ1) is 11.7. The van der Waals surface area contributed by atoms with E-state index in [1.165, 1.54) is 26.2 Å². The summed E-state index contributed by atoms with van der Waals surface area (Å²) in [6.07, 6.45) is 2.48. The Labute approximate surface area is 148 Å². The number of nitrogens with two attached hydrogens (primary N) is 1. The van der Waals surface area contributed by atoms with E-state index in [4.69, 9.17) is 5.73 Å². The van der Waals surface area contributed by atoms with Gasteiger partial charge in [-0.15, -0.1) is 0 Å². The fourth-order valence-corrected chi connectivity index (χ4v) is 3.78. The first kappa shape index (κ1) is 19.4. The van der Waals surface area contributed by atoms with E-state index in [1.807, 2.05) is 0 Å². The SMILES string of the molecule is CN(C)S(=O)(=O)c1cccc(NC(=O)CN2CCCC[C@@H]2C(N)=O)c1. The quantitative estimate of drug-likeness (QED) is 0.745. The van der Waals surface area contributed by atoms with Crippen LogP contribution in [0.1, 0.15) is 19.3 Å². The summed E-state index contributed by atoms with van der Waals surface area (Å²) >= 11 is 0. The Kier molecular flexibility index (Phi) is 6.15. The van der Waals surface area contributed by atoms with Crippen molar-refractivity contribution >= 4 is 27.5 Å². The molecule has 1 aromatic rings. The van der Waals surface area contributed by atoms with Gasteiger partial charge in [0.05, 0.1) is 17.5 Å². The first-order valence-electron chi connectivity index (χ1n) is 8.07. The number of amides is 2. The molecule has 0 aromatic heterocycles. The van der Waals surface area contributed by atoms with Crippen LogP contribution >= 0.6 is 0 Å². The third kappa shape index (κ3) is 4.77. The van der Waals surface area contributed by atoms with Gasteiger partial charge in [0, 0.05) is 19.8 Å². The zero-order chi connectivity index (χ0) is 18.6. The second-order valence-corrected chi connectivity index (χ2v) is 8.40. The fraction of sp³-hybridized carbons (Fsp3) is 0.500. The number of hydrogen-bond acceptors (Lipinski definition) is 5. The van der Waals surface area contributed by atoms with Crippen molar-refractivity contribution in [2.45, 2.75) is 30.2 Å². The number of hydrogen-bond donors (Lipinski definition) is 2. The molecule has 1 fully saturated rings. The number of carbonyl (C=O) groups excluding carboxylic acids is 2. The number of likely N-dealkylation sites (tertiary alicyclic amines) is 1. The van der Waals surface area contributed by atoms with Gasteiger partial charge >= 0.3 is 0 Å². The summed E-state index contributed by atoms with van der Waals surface area (Å²) in [6, 6.07) is 5.64. The maximum atomic E-state index is 12.3. The van der Waals surface area contributed by atoms with Crippen molar-refractivity contribution in [1.82, 2.24) is 9.21 Å². The third-order valence-corrected chi connectivity index (χ3v) is 6.00. The summed E-state index contributed by atoms with van der Waals surface area (Å²) in [7, 11) is -0.681. The highest BCUT2D eigenvalue weighted by Crippen LogP contribution is 2.19. The lowest BCUT2D eigenvalue weighted by Crippen LogP contribution is -2.50. The molecule has 1 saturated heterocycles. The summed E-state index contributed by atoms with van der Waals surface area (Å²) in [4.78, 5) is 25.6. The predicted molar refractivity (Wildman–Crippen MR) is 94.4 cm³/mol. The predicted octanol–water partition coefficient (Wildman–Crippen LogP) is 0.215. The lowest BCUT2D eigenvalue weighted by Gasteiger charge is -2.32. The average Bonchev–Trinajstić information content (AvgIpc) is 2.55. The Hall–Kier alpha value is -1.97. The van der Waals surface area contributed by atoms with Gasteiger partial charge in [-0.05, 0) is 37.6 Å². The van der Waals surface area contributed by atoms with Crippen molar-refractivity contribution in [3.05, 3.63) is 24.3 Å². The van der Waals surface area contributed by atoms with Crippen molar-refractivity contribution in [1.29, 1.82) is 0 Å². The van der Waals surface area contributed by atoms with Crippen LogP contribution in [0.15, 0.2) is 29.2 Å². The first-order valence-corrected chi connectivity index (χ1v) is 9.51. The standard InChI is InChI=1S/C16H24N4O4S/c1-19(2)25(23,24)13-7-5-6-12(10-13)18-15(21)11-20-9-4-3-8-14(20)16(17)22/h5-7,10,14H,3-4,8-9,11H2,1-2H3,(H2,17,22)(H,18,21)/t14-/m1/s1. The molecule has 0 bridgehead atoms. The van der Waals surface area contributed by atoms with Crippen LogP contribution in [0, 0.1) is 0 Å². The van der Waals surface area contributed by atoms with E-state index in [-0.39, 0.29) is 17.3 Å². The molecule has 1 aliphatic rings. The average molecular weight is 368 g/mol. The van der Waals surface area contributed by atoms with Crippen LogP contribution in [0.4, 0.5) is 5.69 Å². The largest absolute Gasteiger partial charge is 0.368 e. The third-order valence-electron chi connectivity index (χ3n) is 4.19. The molecule has 0 spiro atoms. The molecular formula is C16H24N4O4S. The van der Waals surface area contributed by atoms with Crippen LogP contribution in [-0.4, -0.2) is 62.7 Å². The number of nitrogens with one attached hydrogen (secondary N) is 1. The Morgan fingerprint density at radius 3 is 2.68 bits per heavy atom. The number of nitrogens with zero attached hydrogens (tertiary/aromatic N) is 2. The molecule has 1 aliphatic heterocycles. The van der Waals surface area contributed by atoms with Gasteiger partial charge in [-0.25, -0.2) is 12.7 Å². The molecular weight excluding hydrogens is 344 g/mol. The van der Waals surface area contributed by atoms with Crippen LogP contribution in [0.3, 0.4) is 0 Å². The second kappa shape index (κ2) is 7.94. The van der Waals surface area contributed by atoms with Gasteiger partial charge in [0.2, 0.25) is 21.8 Å². The molecule has 0 radical (unpaired) electrons. The molecule has 8 nitrogen and oxygen atoms in total. The lowest BCUT2D eigenvalue weighted by atomic mass is 10.0. The van der Waals surface area contributed by atoms with Gasteiger partial charge in [0.1, 0.15) is 0 Å². The van der Waals surface area contributed by atoms with Gasteiger partial charge in [-0.3, -0.25) is 14.5 Å². The van der Waals surface area contributed by atoms with Crippen molar-refractivity contribution < 1.29 is 18.0 Å². The number of carbonyl (C=O) groups is 2. The van der Waals surface area contributed by atoms with Gasteiger partial charge < -0.3 is 11.1 Å². The molecule has 0 aliphatic carbocycles. The van der Waals surface area contributed by atoms with E-state index in [1.54, 1.807) is 17.0 Å². The molecule has 3 N–H and O–H groups in total. The van der Waals surface area contributed by atoms with Gasteiger partial charge in [0.25, 0.3) is 0 Å². The molecule has 25 heavy (non-hydrogen) atoms. The van der Waals surface area contributed by atoms with Crippen LogP contribution in [0.5, 0.6) is 0 Å². The molecule has 138 valence electrons. The summed E-state index contributed by atoms with van der Waals surface area (Å²) in [5, 5.41) is 2.68. The maximum Gasteiger partial charge on any atom is 0.242 e. The Morgan fingerprint density at radius 2 is 2.04 bits per heavy atom. The normalized spacial score (nSPS) is 18.9. The number of anilines is 1. The minimum absolute atomic E-state index is 0.0399. The second-order valence-electron chi connectivity index (χ2n) is 6.25. The highest BCUT2D eigenvalue weighted by molar-refractivity contribution is 7.89. The summed E-state index contributed by atoms with van der Waals surface area (Å²) in [6.45, 7) is 0.675. The molecule has 1 atom stereocenters. The molecule has 1 heterocycles. The molecule has 9 heteroatoms. The zero-order valence-electron chi connectivity index (χ0n) is 14.4. The van der Waals surface area contributed by atoms with E-state index in [0.29, 0.717) is 18.7 Å². The highest BCUT2D eigenvalue weighted by Gasteiger charge is 2.28. The van der Waals surface area contributed by atoms with Crippen molar-refractivity contribution in [3.63, 3.8) is 0 Å².